The first-order chi connectivity index (χ1) is 12.2. The summed E-state index contributed by atoms with van der Waals surface area (Å²) < 4.78 is 10.6. The van der Waals surface area contributed by atoms with Crippen molar-refractivity contribution in [3.8, 4) is 0 Å². The molecule has 2 heterocycles. The van der Waals surface area contributed by atoms with Gasteiger partial charge in [0.2, 0.25) is 0 Å². The molecule has 0 saturated carbocycles. The molecule has 0 aliphatic carbocycles. The van der Waals surface area contributed by atoms with Gasteiger partial charge in [0, 0.05) is 25.7 Å². The van der Waals surface area contributed by atoms with Crippen LogP contribution in [-0.4, -0.2) is 57.4 Å². The Morgan fingerprint density at radius 2 is 2.27 bits per heavy atom. The molecule has 1 aliphatic rings. The number of likely N-dealkylation sites (tertiary alicyclic amines) is 1. The number of ether oxygens (including phenoxy) is 1. The number of hydrogen-bond donors (Lipinski definition) is 1. The maximum absolute atomic E-state index is 12.3. The van der Waals surface area contributed by atoms with E-state index in [9.17, 15) is 4.79 Å². The van der Waals surface area contributed by atoms with Gasteiger partial charge in [0.1, 0.15) is 17.1 Å². The summed E-state index contributed by atoms with van der Waals surface area (Å²) in [6, 6.07) is 2.08. The van der Waals surface area contributed by atoms with Gasteiger partial charge in [-0.3, -0.25) is 0 Å². The molecule has 1 aliphatic heterocycles. The Hall–Kier alpha value is -1.83. The number of aromatic nitrogens is 1. The lowest BCUT2D eigenvalue weighted by Crippen LogP contribution is -2.47. The molecule has 1 atom stereocenters. The number of amides is 1. The van der Waals surface area contributed by atoms with Gasteiger partial charge >= 0.3 is 6.09 Å². The average molecular weight is 383 g/mol. The third kappa shape index (κ3) is 5.86. The van der Waals surface area contributed by atoms with Crippen molar-refractivity contribution in [2.24, 2.45) is 0 Å². The van der Waals surface area contributed by atoms with Crippen LogP contribution >= 0.6 is 12.2 Å². The van der Waals surface area contributed by atoms with E-state index in [4.69, 9.17) is 21.5 Å². The monoisotopic (exact) mass is 382 g/mol. The Balaban J connectivity index is 1.92. The standard InChI is InChI=1S/C18H30N4O3S/c1-6-8-22(16(26)19-11-14-10-13(2)25-20-14)15-7-9-21(12-15)17(23)24-18(3,4)5/h10,15H,6-9,11-12H2,1-5H3,(H,19,26). The number of rotatable bonds is 5. The molecule has 1 aromatic heterocycles. The second-order valence-electron chi connectivity index (χ2n) is 7.65. The number of nitrogens with zero attached hydrogens (tertiary/aromatic N) is 3. The highest BCUT2D eigenvalue weighted by Gasteiger charge is 2.33. The van der Waals surface area contributed by atoms with Gasteiger partial charge in [-0.1, -0.05) is 12.1 Å². The summed E-state index contributed by atoms with van der Waals surface area (Å²) in [6.07, 6.45) is 1.60. The van der Waals surface area contributed by atoms with Crippen LogP contribution in [0.4, 0.5) is 4.79 Å². The van der Waals surface area contributed by atoms with Crippen LogP contribution in [0.15, 0.2) is 10.6 Å². The van der Waals surface area contributed by atoms with E-state index in [0.29, 0.717) is 24.7 Å². The van der Waals surface area contributed by atoms with Gasteiger partial charge in [0.05, 0.1) is 12.6 Å². The van der Waals surface area contributed by atoms with Crippen molar-refractivity contribution >= 4 is 23.4 Å². The lowest BCUT2D eigenvalue weighted by molar-refractivity contribution is 0.0285. The predicted molar refractivity (Wildman–Crippen MR) is 104 cm³/mol. The Bertz CT molecular complexity index is 626. The smallest absolute Gasteiger partial charge is 0.410 e. The van der Waals surface area contributed by atoms with E-state index in [2.05, 4.69) is 22.3 Å². The molecule has 8 heteroatoms. The maximum Gasteiger partial charge on any atom is 0.410 e. The first kappa shape index (κ1) is 20.5. The van der Waals surface area contributed by atoms with Crippen LogP contribution in [0, 0.1) is 6.92 Å². The summed E-state index contributed by atoms with van der Waals surface area (Å²) in [6.45, 7) is 12.3. The Morgan fingerprint density at radius 3 is 2.85 bits per heavy atom. The van der Waals surface area contributed by atoms with Crippen molar-refractivity contribution in [2.75, 3.05) is 19.6 Å². The van der Waals surface area contributed by atoms with Crippen molar-refractivity contribution in [1.29, 1.82) is 0 Å². The highest BCUT2D eigenvalue weighted by Crippen LogP contribution is 2.19. The van der Waals surface area contributed by atoms with Crippen LogP contribution in [0.5, 0.6) is 0 Å². The highest BCUT2D eigenvalue weighted by molar-refractivity contribution is 7.80. The van der Waals surface area contributed by atoms with E-state index in [0.717, 1.165) is 30.8 Å². The van der Waals surface area contributed by atoms with Gasteiger partial charge in [0.15, 0.2) is 5.11 Å². The summed E-state index contributed by atoms with van der Waals surface area (Å²) in [4.78, 5) is 16.2. The Labute approximate surface area is 161 Å². The van der Waals surface area contributed by atoms with Crippen molar-refractivity contribution in [3.63, 3.8) is 0 Å². The van der Waals surface area contributed by atoms with Gasteiger partial charge < -0.3 is 24.4 Å². The minimum Gasteiger partial charge on any atom is -0.444 e. The van der Waals surface area contributed by atoms with Gasteiger partial charge in [0.25, 0.3) is 0 Å². The fraction of sp³-hybridized carbons (Fsp3) is 0.722. The quantitative estimate of drug-likeness (QED) is 0.785. The molecule has 0 radical (unpaired) electrons. The predicted octanol–water partition coefficient (Wildman–Crippen LogP) is 3.08. The van der Waals surface area contributed by atoms with E-state index in [-0.39, 0.29) is 12.1 Å². The Morgan fingerprint density at radius 1 is 1.54 bits per heavy atom. The minimum atomic E-state index is -0.481. The lowest BCUT2D eigenvalue weighted by atomic mass is 10.2. The second-order valence-corrected chi connectivity index (χ2v) is 8.04. The fourth-order valence-electron chi connectivity index (χ4n) is 2.95. The van der Waals surface area contributed by atoms with E-state index < -0.39 is 5.60 Å². The number of carbonyl (C=O) groups is 1. The third-order valence-corrected chi connectivity index (χ3v) is 4.46. The van der Waals surface area contributed by atoms with Gasteiger partial charge in [-0.25, -0.2) is 4.79 Å². The topological polar surface area (TPSA) is 70.8 Å². The van der Waals surface area contributed by atoms with Crippen LogP contribution < -0.4 is 5.32 Å². The van der Waals surface area contributed by atoms with E-state index in [1.54, 1.807) is 4.90 Å². The largest absolute Gasteiger partial charge is 0.444 e. The zero-order valence-electron chi connectivity index (χ0n) is 16.4. The summed E-state index contributed by atoms with van der Waals surface area (Å²) in [5, 5.41) is 7.92. The number of hydrogen-bond acceptors (Lipinski definition) is 5. The first-order valence-electron chi connectivity index (χ1n) is 9.14. The number of aryl methyl sites for hydroxylation is 1. The molecular formula is C18H30N4O3S. The van der Waals surface area contributed by atoms with Crippen LogP contribution in [0.1, 0.15) is 52.0 Å². The molecule has 0 spiro atoms. The van der Waals surface area contributed by atoms with E-state index in [1.807, 2.05) is 33.8 Å². The number of carbonyl (C=O) groups excluding carboxylic acids is 1. The molecular weight excluding hydrogens is 352 g/mol. The van der Waals surface area contributed by atoms with Gasteiger partial charge in [-0.05, 0) is 52.8 Å². The average Bonchev–Trinajstić information content (AvgIpc) is 3.17. The van der Waals surface area contributed by atoms with Crippen LogP contribution in [0.3, 0.4) is 0 Å². The minimum absolute atomic E-state index is 0.196. The lowest BCUT2D eigenvalue weighted by Gasteiger charge is -2.31. The van der Waals surface area contributed by atoms with E-state index >= 15 is 0 Å². The van der Waals surface area contributed by atoms with Crippen molar-refractivity contribution in [3.05, 3.63) is 17.5 Å². The summed E-state index contributed by atoms with van der Waals surface area (Å²) >= 11 is 5.60. The van der Waals surface area contributed by atoms with Crippen molar-refractivity contribution in [2.45, 2.75) is 65.6 Å². The normalized spacial score (nSPS) is 17.3. The second kappa shape index (κ2) is 8.70. The summed E-state index contributed by atoms with van der Waals surface area (Å²) in [5.74, 6) is 0.780. The van der Waals surface area contributed by atoms with Crippen LogP contribution in [-0.2, 0) is 11.3 Å². The molecule has 1 aromatic rings. The molecule has 2 rings (SSSR count). The molecule has 1 unspecified atom stereocenters. The molecule has 1 amide bonds. The highest BCUT2D eigenvalue weighted by atomic mass is 32.1. The molecule has 0 bridgehead atoms. The van der Waals surface area contributed by atoms with Crippen LogP contribution in [0.25, 0.3) is 0 Å². The summed E-state index contributed by atoms with van der Waals surface area (Å²) in [7, 11) is 0. The number of nitrogens with one attached hydrogen (secondary N) is 1. The molecule has 0 aromatic carbocycles. The molecule has 1 N–H and O–H groups in total. The third-order valence-electron chi connectivity index (χ3n) is 4.08. The SMILES string of the molecule is CCCN(C(=S)NCc1cc(C)on1)C1CCN(C(=O)OC(C)(C)C)C1. The number of thiocarbonyl (C=S) groups is 1. The maximum atomic E-state index is 12.3. The van der Waals surface area contributed by atoms with Gasteiger partial charge in [-0.2, -0.15) is 0 Å². The molecule has 1 fully saturated rings. The van der Waals surface area contributed by atoms with Gasteiger partial charge in [-0.15, -0.1) is 0 Å². The van der Waals surface area contributed by atoms with Crippen molar-refractivity contribution < 1.29 is 14.1 Å². The molecule has 26 heavy (non-hydrogen) atoms. The van der Waals surface area contributed by atoms with Crippen molar-refractivity contribution in [1.82, 2.24) is 20.3 Å². The fourth-order valence-corrected chi connectivity index (χ4v) is 3.26. The van der Waals surface area contributed by atoms with Crippen LogP contribution in [0.2, 0.25) is 0 Å². The summed E-state index contributed by atoms with van der Waals surface area (Å²) in [5.41, 5.74) is 0.341. The molecule has 146 valence electrons. The zero-order chi connectivity index (χ0) is 19.3. The zero-order valence-corrected chi connectivity index (χ0v) is 17.2. The molecule has 7 nitrogen and oxygen atoms in total. The Kier molecular flexibility index (Phi) is 6.86. The first-order valence-corrected chi connectivity index (χ1v) is 9.55. The van der Waals surface area contributed by atoms with E-state index in [1.165, 1.54) is 0 Å². The molecule has 1 saturated heterocycles.